The van der Waals surface area contributed by atoms with Crippen molar-refractivity contribution in [1.82, 2.24) is 4.31 Å². The molecule has 0 saturated carbocycles. The lowest BCUT2D eigenvalue weighted by Crippen LogP contribution is -2.36. The largest absolute Gasteiger partial charge is 0.451 e. The van der Waals surface area contributed by atoms with Gasteiger partial charge in [0.1, 0.15) is 0 Å². The summed E-state index contributed by atoms with van der Waals surface area (Å²) in [6.45, 7) is 4.11. The average Bonchev–Trinajstić information content (AvgIpc) is 2.73. The van der Waals surface area contributed by atoms with Crippen LogP contribution in [-0.2, 0) is 14.8 Å². The zero-order chi connectivity index (χ0) is 21.9. The quantitative estimate of drug-likeness (QED) is 0.486. The molecule has 30 heavy (non-hydrogen) atoms. The maximum Gasteiger partial charge on any atom is 0.338 e. The van der Waals surface area contributed by atoms with Crippen LogP contribution in [0.15, 0.2) is 47.4 Å². The Morgan fingerprint density at radius 1 is 1.03 bits per heavy atom. The summed E-state index contributed by atoms with van der Waals surface area (Å²) in [6.07, 6.45) is 1.61. The van der Waals surface area contributed by atoms with E-state index in [2.05, 4.69) is 0 Å². The summed E-state index contributed by atoms with van der Waals surface area (Å²) in [6, 6.07) is 10.8. The summed E-state index contributed by atoms with van der Waals surface area (Å²) >= 11 is 5.91. The second kappa shape index (κ2) is 9.29. The lowest BCUT2D eigenvalue weighted by atomic mass is 10.1. The minimum absolute atomic E-state index is 0.0851. The first-order chi connectivity index (χ1) is 14.2. The average molecular weight is 450 g/mol. The van der Waals surface area contributed by atoms with Crippen molar-refractivity contribution in [2.75, 3.05) is 13.1 Å². The van der Waals surface area contributed by atoms with E-state index < -0.39 is 22.1 Å². The molecule has 1 aliphatic rings. The highest BCUT2D eigenvalue weighted by Gasteiger charge is 2.29. The molecule has 0 radical (unpaired) electrons. The van der Waals surface area contributed by atoms with Crippen LogP contribution in [0, 0.1) is 6.92 Å². The Balaban J connectivity index is 1.80. The standard InChI is InChI=1S/C22H24ClNO5S/c1-15-9-10-18(14-20(15)30(27,28)24-11-4-3-5-12-24)22(26)29-16(2)21(25)17-7-6-8-19(23)13-17/h6-10,13-14,16H,3-5,11-12H2,1-2H3. The van der Waals surface area contributed by atoms with Gasteiger partial charge in [-0.25, -0.2) is 13.2 Å². The highest BCUT2D eigenvalue weighted by molar-refractivity contribution is 7.89. The number of carbonyl (C=O) groups is 2. The third-order valence-corrected chi connectivity index (χ3v) is 7.39. The maximum absolute atomic E-state index is 13.0. The first-order valence-corrected chi connectivity index (χ1v) is 11.6. The van der Waals surface area contributed by atoms with Gasteiger partial charge in [0.15, 0.2) is 6.10 Å². The van der Waals surface area contributed by atoms with Crippen LogP contribution in [0.2, 0.25) is 5.02 Å². The number of Topliss-reactive ketones (excluding diaryl/α,β-unsaturated/α-hetero) is 1. The SMILES string of the molecule is Cc1ccc(C(=O)OC(C)C(=O)c2cccc(Cl)c2)cc1S(=O)(=O)N1CCCCC1. The normalized spacial score (nSPS) is 16.1. The molecule has 0 bridgehead atoms. The van der Waals surface area contributed by atoms with Gasteiger partial charge in [-0.3, -0.25) is 4.79 Å². The predicted octanol–water partition coefficient (Wildman–Crippen LogP) is 4.25. The number of piperidine rings is 1. The fourth-order valence-corrected chi connectivity index (χ4v) is 5.37. The van der Waals surface area contributed by atoms with E-state index in [1.54, 1.807) is 31.2 Å². The molecule has 2 aromatic rings. The number of rotatable bonds is 6. The van der Waals surface area contributed by atoms with Gasteiger partial charge in [0.2, 0.25) is 15.8 Å². The number of hydrogen-bond acceptors (Lipinski definition) is 5. The van der Waals surface area contributed by atoms with Gasteiger partial charge < -0.3 is 4.74 Å². The Labute approximate surface area is 181 Å². The van der Waals surface area contributed by atoms with Gasteiger partial charge in [0.25, 0.3) is 0 Å². The highest BCUT2D eigenvalue weighted by Crippen LogP contribution is 2.25. The number of nitrogens with zero attached hydrogens (tertiary/aromatic N) is 1. The van der Waals surface area contributed by atoms with Crippen LogP contribution in [0.3, 0.4) is 0 Å². The highest BCUT2D eigenvalue weighted by atomic mass is 35.5. The van der Waals surface area contributed by atoms with Crippen LogP contribution in [-0.4, -0.2) is 43.7 Å². The maximum atomic E-state index is 13.0. The first-order valence-electron chi connectivity index (χ1n) is 9.81. The smallest absolute Gasteiger partial charge is 0.338 e. The number of ether oxygens (including phenoxy) is 1. The van der Waals surface area contributed by atoms with Gasteiger partial charge in [-0.15, -0.1) is 0 Å². The molecule has 1 saturated heterocycles. The number of aryl methyl sites for hydroxylation is 1. The molecule has 1 aliphatic heterocycles. The molecule has 0 N–H and O–H groups in total. The van der Waals surface area contributed by atoms with E-state index >= 15 is 0 Å². The Bertz CT molecular complexity index is 1060. The fourth-order valence-electron chi connectivity index (χ4n) is 3.41. The molecule has 0 aliphatic carbocycles. The molecule has 2 aromatic carbocycles. The van der Waals surface area contributed by atoms with Crippen molar-refractivity contribution in [1.29, 1.82) is 0 Å². The van der Waals surface area contributed by atoms with Crippen LogP contribution < -0.4 is 0 Å². The number of ketones is 1. The summed E-state index contributed by atoms with van der Waals surface area (Å²) in [5.74, 6) is -1.15. The van der Waals surface area contributed by atoms with Crippen LogP contribution in [0.4, 0.5) is 0 Å². The minimum Gasteiger partial charge on any atom is -0.451 e. The Hall–Kier alpha value is -2.22. The number of benzene rings is 2. The molecule has 0 amide bonds. The molecule has 1 atom stereocenters. The number of esters is 1. The second-order valence-electron chi connectivity index (χ2n) is 7.37. The van der Waals surface area contributed by atoms with Gasteiger partial charge in [-0.1, -0.05) is 36.2 Å². The van der Waals surface area contributed by atoms with E-state index in [4.69, 9.17) is 16.3 Å². The number of sulfonamides is 1. The van der Waals surface area contributed by atoms with E-state index in [0.29, 0.717) is 29.2 Å². The topological polar surface area (TPSA) is 80.8 Å². The van der Waals surface area contributed by atoms with Crippen molar-refractivity contribution in [3.05, 3.63) is 64.2 Å². The van der Waals surface area contributed by atoms with Gasteiger partial charge in [0.05, 0.1) is 10.5 Å². The van der Waals surface area contributed by atoms with Crippen LogP contribution in [0.1, 0.15) is 52.5 Å². The lowest BCUT2D eigenvalue weighted by Gasteiger charge is -2.26. The second-order valence-corrected chi connectivity index (χ2v) is 9.71. The summed E-state index contributed by atoms with van der Waals surface area (Å²) in [5, 5.41) is 0.408. The molecule has 3 rings (SSSR count). The Morgan fingerprint density at radius 2 is 1.73 bits per heavy atom. The van der Waals surface area contributed by atoms with Gasteiger partial charge >= 0.3 is 5.97 Å². The summed E-state index contributed by atoms with van der Waals surface area (Å²) in [7, 11) is -3.70. The molecule has 8 heteroatoms. The molecule has 1 fully saturated rings. The van der Waals surface area contributed by atoms with Crippen molar-refractivity contribution in [3.63, 3.8) is 0 Å². The molecule has 0 aromatic heterocycles. The van der Waals surface area contributed by atoms with E-state index in [-0.39, 0.29) is 16.2 Å². The monoisotopic (exact) mass is 449 g/mol. The Morgan fingerprint density at radius 3 is 2.40 bits per heavy atom. The van der Waals surface area contributed by atoms with Crippen molar-refractivity contribution >= 4 is 33.4 Å². The molecule has 6 nitrogen and oxygen atoms in total. The molecular formula is C22H24ClNO5S. The molecule has 1 heterocycles. The minimum atomic E-state index is -3.70. The van der Waals surface area contributed by atoms with Crippen LogP contribution in [0.5, 0.6) is 0 Å². The lowest BCUT2D eigenvalue weighted by molar-refractivity contribution is 0.0318. The van der Waals surface area contributed by atoms with Crippen LogP contribution in [0.25, 0.3) is 0 Å². The zero-order valence-corrected chi connectivity index (χ0v) is 18.5. The van der Waals surface area contributed by atoms with E-state index in [1.807, 2.05) is 0 Å². The molecule has 160 valence electrons. The molecular weight excluding hydrogens is 426 g/mol. The van der Waals surface area contributed by atoms with Crippen molar-refractivity contribution < 1.29 is 22.7 Å². The third kappa shape index (κ3) is 4.91. The number of halogens is 1. The van der Waals surface area contributed by atoms with E-state index in [1.165, 1.54) is 29.4 Å². The number of hydrogen-bond donors (Lipinski definition) is 0. The molecule has 1 unspecified atom stereocenters. The summed E-state index contributed by atoms with van der Waals surface area (Å²) in [4.78, 5) is 25.2. The van der Waals surface area contributed by atoms with Gasteiger partial charge in [-0.05, 0) is 56.5 Å². The van der Waals surface area contributed by atoms with Crippen molar-refractivity contribution in [2.45, 2.75) is 44.1 Å². The predicted molar refractivity (Wildman–Crippen MR) is 114 cm³/mol. The number of carbonyl (C=O) groups excluding carboxylic acids is 2. The first kappa shape index (κ1) is 22.5. The van der Waals surface area contributed by atoms with Crippen molar-refractivity contribution in [2.24, 2.45) is 0 Å². The summed E-state index contributed by atoms with van der Waals surface area (Å²) < 4.78 is 32.8. The van der Waals surface area contributed by atoms with Gasteiger partial charge in [-0.2, -0.15) is 4.31 Å². The van der Waals surface area contributed by atoms with E-state index in [0.717, 1.165) is 19.3 Å². The van der Waals surface area contributed by atoms with Crippen molar-refractivity contribution in [3.8, 4) is 0 Å². The van der Waals surface area contributed by atoms with Crippen LogP contribution >= 0.6 is 11.6 Å². The molecule has 0 spiro atoms. The third-order valence-electron chi connectivity index (χ3n) is 5.12. The summed E-state index contributed by atoms with van der Waals surface area (Å²) in [5.41, 5.74) is 0.974. The zero-order valence-electron chi connectivity index (χ0n) is 16.9. The Kier molecular flexibility index (Phi) is 6.95. The fraction of sp³-hybridized carbons (Fsp3) is 0.364. The van der Waals surface area contributed by atoms with Gasteiger partial charge in [0, 0.05) is 23.7 Å². The van der Waals surface area contributed by atoms with E-state index in [9.17, 15) is 18.0 Å².